The highest BCUT2D eigenvalue weighted by Gasteiger charge is 2.22. The molecule has 4 nitrogen and oxygen atoms in total. The van der Waals surface area contributed by atoms with E-state index < -0.39 is 6.10 Å². The molecule has 1 amide bonds. The van der Waals surface area contributed by atoms with E-state index in [1.807, 2.05) is 6.92 Å². The Bertz CT molecular complexity index is 363. The number of nitrogens with zero attached hydrogens (tertiary/aromatic N) is 1. The van der Waals surface area contributed by atoms with Crippen molar-refractivity contribution in [2.24, 2.45) is 5.73 Å². The average Bonchev–Trinajstić information content (AvgIpc) is 2.34. The maximum absolute atomic E-state index is 12.8. The predicted octanol–water partition coefficient (Wildman–Crippen LogP) is 1.15. The van der Waals surface area contributed by atoms with Crippen LogP contribution in [0.2, 0.25) is 0 Å². The Morgan fingerprint density at radius 2 is 2.06 bits per heavy atom. The maximum Gasteiger partial charge on any atom is 0.257 e. The molecule has 5 heteroatoms. The summed E-state index contributed by atoms with van der Waals surface area (Å²) in [5.74, 6) is -0.552. The Kier molecular flexibility index (Phi) is 5.06. The van der Waals surface area contributed by atoms with Gasteiger partial charge in [0.05, 0.1) is 0 Å². The van der Waals surface area contributed by atoms with Crippen LogP contribution in [0.3, 0.4) is 0 Å². The van der Waals surface area contributed by atoms with Crippen LogP contribution in [0.15, 0.2) is 24.3 Å². The third-order valence-corrected chi connectivity index (χ3v) is 2.49. The van der Waals surface area contributed by atoms with Crippen molar-refractivity contribution in [3.05, 3.63) is 30.1 Å². The van der Waals surface area contributed by atoms with E-state index in [2.05, 4.69) is 0 Å². The van der Waals surface area contributed by atoms with E-state index in [1.165, 1.54) is 24.1 Å². The van der Waals surface area contributed by atoms with Gasteiger partial charge in [0.2, 0.25) is 0 Å². The molecule has 0 aliphatic heterocycles. The molecule has 17 heavy (non-hydrogen) atoms. The first kappa shape index (κ1) is 13.6. The highest BCUT2D eigenvalue weighted by Crippen LogP contribution is 2.16. The standard InChI is InChI=1S/C12H17FN2O2/c1-3-15(12(16)11(8-14)17-2)10-6-4-9(13)5-7-10/h4-7,11H,3,8,14H2,1-2H3. The topological polar surface area (TPSA) is 55.6 Å². The molecule has 1 rings (SSSR count). The molecule has 0 heterocycles. The lowest BCUT2D eigenvalue weighted by Crippen LogP contribution is -2.43. The molecule has 0 bridgehead atoms. The molecule has 0 aromatic heterocycles. The minimum absolute atomic E-state index is 0.118. The molecule has 1 aromatic carbocycles. The van der Waals surface area contributed by atoms with E-state index in [-0.39, 0.29) is 18.3 Å². The van der Waals surface area contributed by atoms with Gasteiger partial charge in [-0.25, -0.2) is 4.39 Å². The number of rotatable bonds is 5. The highest BCUT2D eigenvalue weighted by atomic mass is 19.1. The predicted molar refractivity (Wildman–Crippen MR) is 64.3 cm³/mol. The lowest BCUT2D eigenvalue weighted by molar-refractivity contribution is -0.127. The van der Waals surface area contributed by atoms with E-state index >= 15 is 0 Å². The van der Waals surface area contributed by atoms with Gasteiger partial charge in [0.25, 0.3) is 5.91 Å². The second kappa shape index (κ2) is 6.32. The van der Waals surface area contributed by atoms with Crippen LogP contribution >= 0.6 is 0 Å². The molecule has 94 valence electrons. The SMILES string of the molecule is CCN(C(=O)C(CN)OC)c1ccc(F)cc1. The molecule has 0 spiro atoms. The van der Waals surface area contributed by atoms with Crippen molar-refractivity contribution in [3.8, 4) is 0 Å². The van der Waals surface area contributed by atoms with Gasteiger partial charge in [0.15, 0.2) is 0 Å². The molecule has 0 fully saturated rings. The Hall–Kier alpha value is -1.46. The number of nitrogens with two attached hydrogens (primary N) is 1. The summed E-state index contributed by atoms with van der Waals surface area (Å²) >= 11 is 0. The molecule has 1 aromatic rings. The van der Waals surface area contributed by atoms with Gasteiger partial charge in [-0.15, -0.1) is 0 Å². The summed E-state index contributed by atoms with van der Waals surface area (Å²) in [6, 6.07) is 5.74. The number of amides is 1. The zero-order valence-corrected chi connectivity index (χ0v) is 10.0. The number of anilines is 1. The van der Waals surface area contributed by atoms with Crippen LogP contribution in [0.25, 0.3) is 0 Å². The van der Waals surface area contributed by atoms with E-state index in [0.29, 0.717) is 12.2 Å². The molecule has 0 saturated heterocycles. The van der Waals surface area contributed by atoms with Crippen molar-refractivity contribution < 1.29 is 13.9 Å². The van der Waals surface area contributed by atoms with Crippen LogP contribution in [0.1, 0.15) is 6.92 Å². The van der Waals surface area contributed by atoms with Crippen LogP contribution in [-0.4, -0.2) is 32.2 Å². The number of likely N-dealkylation sites (N-methyl/N-ethyl adjacent to an activating group) is 1. The van der Waals surface area contributed by atoms with Gasteiger partial charge < -0.3 is 15.4 Å². The maximum atomic E-state index is 12.8. The van der Waals surface area contributed by atoms with Gasteiger partial charge in [-0.1, -0.05) is 0 Å². The Labute approximate surface area is 100 Å². The first-order valence-corrected chi connectivity index (χ1v) is 5.43. The molecule has 1 atom stereocenters. The summed E-state index contributed by atoms with van der Waals surface area (Å²) in [6.07, 6.45) is -0.667. The number of methoxy groups -OCH3 is 1. The van der Waals surface area contributed by atoms with E-state index in [4.69, 9.17) is 10.5 Å². The lowest BCUT2D eigenvalue weighted by atomic mass is 10.2. The van der Waals surface area contributed by atoms with Crippen molar-refractivity contribution in [2.75, 3.05) is 25.1 Å². The Balaban J connectivity index is 2.91. The second-order valence-corrected chi connectivity index (χ2v) is 3.52. The Morgan fingerprint density at radius 3 is 2.47 bits per heavy atom. The monoisotopic (exact) mass is 240 g/mol. The average molecular weight is 240 g/mol. The van der Waals surface area contributed by atoms with Gasteiger partial charge in [-0.3, -0.25) is 4.79 Å². The minimum Gasteiger partial charge on any atom is -0.370 e. The number of hydrogen-bond donors (Lipinski definition) is 1. The zero-order valence-electron chi connectivity index (χ0n) is 10.0. The number of hydrogen-bond acceptors (Lipinski definition) is 3. The quantitative estimate of drug-likeness (QED) is 0.840. The summed E-state index contributed by atoms with van der Waals surface area (Å²) in [6.45, 7) is 2.43. The summed E-state index contributed by atoms with van der Waals surface area (Å²) in [5, 5.41) is 0. The van der Waals surface area contributed by atoms with Gasteiger partial charge in [-0.2, -0.15) is 0 Å². The first-order valence-electron chi connectivity index (χ1n) is 5.43. The smallest absolute Gasteiger partial charge is 0.257 e. The van der Waals surface area contributed by atoms with E-state index in [1.54, 1.807) is 12.1 Å². The molecule has 0 aliphatic rings. The zero-order chi connectivity index (χ0) is 12.8. The summed E-state index contributed by atoms with van der Waals surface area (Å²) in [7, 11) is 1.44. The van der Waals surface area contributed by atoms with E-state index in [9.17, 15) is 9.18 Å². The third-order valence-electron chi connectivity index (χ3n) is 2.49. The fraction of sp³-hybridized carbons (Fsp3) is 0.417. The van der Waals surface area contributed by atoms with Crippen molar-refractivity contribution in [1.82, 2.24) is 0 Å². The minimum atomic E-state index is -0.667. The van der Waals surface area contributed by atoms with Crippen LogP contribution in [0.4, 0.5) is 10.1 Å². The number of carbonyl (C=O) groups is 1. The Morgan fingerprint density at radius 1 is 1.47 bits per heavy atom. The first-order chi connectivity index (χ1) is 8.13. The second-order valence-electron chi connectivity index (χ2n) is 3.52. The van der Waals surface area contributed by atoms with Crippen molar-refractivity contribution in [2.45, 2.75) is 13.0 Å². The summed E-state index contributed by atoms with van der Waals surface area (Å²) in [5.41, 5.74) is 6.08. The molecule has 0 radical (unpaired) electrons. The van der Waals surface area contributed by atoms with Crippen molar-refractivity contribution >= 4 is 11.6 Å². The molecular weight excluding hydrogens is 223 g/mol. The molecule has 0 saturated carbocycles. The van der Waals surface area contributed by atoms with Crippen LogP contribution < -0.4 is 10.6 Å². The number of carbonyl (C=O) groups excluding carboxylic acids is 1. The van der Waals surface area contributed by atoms with Crippen LogP contribution in [0.5, 0.6) is 0 Å². The van der Waals surface area contributed by atoms with Crippen molar-refractivity contribution in [1.29, 1.82) is 0 Å². The van der Waals surface area contributed by atoms with Gasteiger partial charge in [0.1, 0.15) is 11.9 Å². The van der Waals surface area contributed by atoms with Crippen LogP contribution in [0, 0.1) is 5.82 Å². The van der Waals surface area contributed by atoms with Crippen molar-refractivity contribution in [3.63, 3.8) is 0 Å². The summed E-state index contributed by atoms with van der Waals surface area (Å²) < 4.78 is 17.8. The highest BCUT2D eigenvalue weighted by molar-refractivity contribution is 5.96. The van der Waals surface area contributed by atoms with Gasteiger partial charge in [0, 0.05) is 25.9 Å². The lowest BCUT2D eigenvalue weighted by Gasteiger charge is -2.24. The number of ether oxygens (including phenoxy) is 1. The molecular formula is C12H17FN2O2. The molecule has 1 unspecified atom stereocenters. The number of benzene rings is 1. The third kappa shape index (κ3) is 3.25. The summed E-state index contributed by atoms with van der Waals surface area (Å²) in [4.78, 5) is 13.6. The molecule has 0 aliphatic carbocycles. The normalized spacial score (nSPS) is 12.2. The van der Waals surface area contributed by atoms with E-state index in [0.717, 1.165) is 0 Å². The van der Waals surface area contributed by atoms with Gasteiger partial charge >= 0.3 is 0 Å². The number of halogens is 1. The molecule has 2 N–H and O–H groups in total. The van der Waals surface area contributed by atoms with Crippen LogP contribution in [-0.2, 0) is 9.53 Å². The fourth-order valence-corrected chi connectivity index (χ4v) is 1.56. The van der Waals surface area contributed by atoms with Gasteiger partial charge in [-0.05, 0) is 31.2 Å². The largest absolute Gasteiger partial charge is 0.370 e. The fourth-order valence-electron chi connectivity index (χ4n) is 1.56.